The topological polar surface area (TPSA) is 75.7 Å². The van der Waals surface area contributed by atoms with Crippen LogP contribution in [0.25, 0.3) is 0 Å². The molecule has 0 aliphatic heterocycles. The molecule has 0 aliphatic carbocycles. The van der Waals surface area contributed by atoms with Crippen molar-refractivity contribution in [1.82, 2.24) is 5.32 Å². The summed E-state index contributed by atoms with van der Waals surface area (Å²) in [5, 5.41) is 3.21. The van der Waals surface area contributed by atoms with Gasteiger partial charge in [-0.1, -0.05) is 41.4 Å². The summed E-state index contributed by atoms with van der Waals surface area (Å²) in [5.41, 5.74) is 0.916. The van der Waals surface area contributed by atoms with Crippen LogP contribution >= 0.6 is 23.2 Å². The molecule has 0 heterocycles. The number of nitrogens with zero attached hydrogens (tertiary/aromatic N) is 1. The number of carbonyl (C=O) groups excluding carboxylic acids is 1. The van der Waals surface area contributed by atoms with Gasteiger partial charge < -0.3 is 10.1 Å². The number of anilines is 1. The summed E-state index contributed by atoms with van der Waals surface area (Å²) in [5.74, 6) is 0.144. The molecule has 27 heavy (non-hydrogen) atoms. The van der Waals surface area contributed by atoms with Gasteiger partial charge in [0.05, 0.1) is 24.1 Å². The molecular weight excluding hydrogens is 411 g/mol. The smallest absolute Gasteiger partial charge is 0.243 e. The molecule has 0 radical (unpaired) electrons. The molecule has 6 nitrogen and oxygen atoms in total. The lowest BCUT2D eigenvalue weighted by Gasteiger charge is -2.29. The molecule has 0 unspecified atom stereocenters. The van der Waals surface area contributed by atoms with E-state index in [9.17, 15) is 13.2 Å². The number of amides is 1. The molecule has 2 aromatic carbocycles. The summed E-state index contributed by atoms with van der Waals surface area (Å²) in [4.78, 5) is 12.6. The average molecular weight is 431 g/mol. The first-order chi connectivity index (χ1) is 12.6. The summed E-state index contributed by atoms with van der Waals surface area (Å²) >= 11 is 12.1. The van der Waals surface area contributed by atoms with Crippen molar-refractivity contribution in [2.24, 2.45) is 0 Å². The standard InChI is InChI=1S/C18H20Cl2N2O4S/c1-12(18(23)21-11-13-6-4-5-7-17(13)26-2)22(27(3,24)25)16-10-14(19)8-9-15(16)20/h4-10,12H,11H2,1-3H3,(H,21,23)/t12-/m1/s1. The fourth-order valence-corrected chi connectivity index (χ4v) is 4.22. The minimum atomic E-state index is -3.79. The predicted molar refractivity (Wildman–Crippen MR) is 108 cm³/mol. The summed E-state index contributed by atoms with van der Waals surface area (Å²) in [6.45, 7) is 1.67. The van der Waals surface area contributed by atoms with Gasteiger partial charge in [0.15, 0.2) is 0 Å². The van der Waals surface area contributed by atoms with Crippen molar-refractivity contribution in [2.45, 2.75) is 19.5 Å². The van der Waals surface area contributed by atoms with Gasteiger partial charge >= 0.3 is 0 Å². The van der Waals surface area contributed by atoms with E-state index < -0.39 is 22.0 Å². The van der Waals surface area contributed by atoms with E-state index in [1.807, 2.05) is 18.2 Å². The SMILES string of the molecule is COc1ccccc1CNC(=O)[C@@H](C)N(c1cc(Cl)ccc1Cl)S(C)(=O)=O. The molecule has 2 aromatic rings. The van der Waals surface area contributed by atoms with Crippen molar-refractivity contribution in [3.8, 4) is 5.75 Å². The Bertz CT molecular complexity index is 935. The molecule has 0 aromatic heterocycles. The van der Waals surface area contributed by atoms with Crippen molar-refractivity contribution in [3.63, 3.8) is 0 Å². The van der Waals surface area contributed by atoms with Crippen LogP contribution in [-0.4, -0.2) is 33.7 Å². The molecule has 2 rings (SSSR count). The van der Waals surface area contributed by atoms with E-state index in [0.717, 1.165) is 16.1 Å². The first-order valence-electron chi connectivity index (χ1n) is 7.99. The van der Waals surface area contributed by atoms with Gasteiger partial charge in [0.1, 0.15) is 11.8 Å². The number of ether oxygens (including phenoxy) is 1. The Morgan fingerprint density at radius 1 is 1.22 bits per heavy atom. The number of para-hydroxylation sites is 1. The van der Waals surface area contributed by atoms with Gasteiger partial charge in [-0.3, -0.25) is 9.10 Å². The number of rotatable bonds is 7. The maximum Gasteiger partial charge on any atom is 0.243 e. The van der Waals surface area contributed by atoms with Gasteiger partial charge in [0.25, 0.3) is 0 Å². The van der Waals surface area contributed by atoms with Crippen LogP contribution in [0.3, 0.4) is 0 Å². The molecule has 0 aliphatic rings. The number of nitrogens with one attached hydrogen (secondary N) is 1. The second kappa shape index (κ2) is 8.82. The van der Waals surface area contributed by atoms with Crippen LogP contribution in [0, 0.1) is 0 Å². The van der Waals surface area contributed by atoms with E-state index in [1.54, 1.807) is 12.1 Å². The Morgan fingerprint density at radius 3 is 2.52 bits per heavy atom. The minimum Gasteiger partial charge on any atom is -0.496 e. The van der Waals surface area contributed by atoms with Crippen molar-refractivity contribution < 1.29 is 17.9 Å². The normalized spacial score (nSPS) is 12.3. The molecule has 0 saturated carbocycles. The highest BCUT2D eigenvalue weighted by atomic mass is 35.5. The molecule has 1 atom stereocenters. The zero-order valence-corrected chi connectivity index (χ0v) is 17.4. The van der Waals surface area contributed by atoms with E-state index in [2.05, 4.69) is 5.32 Å². The summed E-state index contributed by atoms with van der Waals surface area (Å²) in [7, 11) is -2.26. The van der Waals surface area contributed by atoms with Gasteiger partial charge in [0.2, 0.25) is 15.9 Å². The van der Waals surface area contributed by atoms with Gasteiger partial charge in [-0.25, -0.2) is 8.42 Å². The Hall–Kier alpha value is -1.96. The second-order valence-corrected chi connectivity index (χ2v) is 8.56. The molecule has 1 N–H and O–H groups in total. The van der Waals surface area contributed by atoms with Gasteiger partial charge in [-0.15, -0.1) is 0 Å². The average Bonchev–Trinajstić information content (AvgIpc) is 2.61. The number of hydrogen-bond acceptors (Lipinski definition) is 4. The third kappa shape index (κ3) is 5.28. The van der Waals surface area contributed by atoms with Gasteiger partial charge in [-0.05, 0) is 31.2 Å². The number of methoxy groups -OCH3 is 1. The minimum absolute atomic E-state index is 0.145. The molecule has 0 saturated heterocycles. The quantitative estimate of drug-likeness (QED) is 0.729. The van der Waals surface area contributed by atoms with Crippen LogP contribution in [0.5, 0.6) is 5.75 Å². The van der Waals surface area contributed by atoms with E-state index >= 15 is 0 Å². The zero-order valence-electron chi connectivity index (χ0n) is 15.1. The monoisotopic (exact) mass is 430 g/mol. The van der Waals surface area contributed by atoms with Crippen molar-refractivity contribution in [1.29, 1.82) is 0 Å². The lowest BCUT2D eigenvalue weighted by atomic mass is 10.2. The van der Waals surface area contributed by atoms with Gasteiger partial charge in [-0.2, -0.15) is 0 Å². The maximum absolute atomic E-state index is 12.6. The Labute approximate surface area is 169 Å². The van der Waals surface area contributed by atoms with Crippen LogP contribution in [0.1, 0.15) is 12.5 Å². The summed E-state index contributed by atoms with van der Waals surface area (Å²) in [6.07, 6.45) is 1.01. The summed E-state index contributed by atoms with van der Waals surface area (Å²) in [6, 6.07) is 10.6. The number of hydrogen-bond donors (Lipinski definition) is 1. The van der Waals surface area contributed by atoms with Gasteiger partial charge in [0, 0.05) is 17.1 Å². The molecule has 0 bridgehead atoms. The summed E-state index contributed by atoms with van der Waals surface area (Å²) < 4.78 is 30.9. The van der Waals surface area contributed by atoms with Crippen LogP contribution < -0.4 is 14.4 Å². The zero-order chi connectivity index (χ0) is 20.2. The highest BCUT2D eigenvalue weighted by molar-refractivity contribution is 7.92. The highest BCUT2D eigenvalue weighted by Gasteiger charge is 2.30. The van der Waals surface area contributed by atoms with Crippen molar-refractivity contribution in [2.75, 3.05) is 17.7 Å². The largest absolute Gasteiger partial charge is 0.496 e. The molecule has 0 fully saturated rings. The molecule has 146 valence electrons. The van der Waals surface area contributed by atoms with Crippen LogP contribution in [-0.2, 0) is 21.4 Å². The number of sulfonamides is 1. The molecule has 1 amide bonds. The van der Waals surface area contributed by atoms with Crippen LogP contribution in [0.2, 0.25) is 10.0 Å². The number of halogens is 2. The number of carbonyl (C=O) groups is 1. The predicted octanol–water partition coefficient (Wildman–Crippen LogP) is 3.47. The van der Waals surface area contributed by atoms with Crippen LogP contribution in [0.15, 0.2) is 42.5 Å². The highest BCUT2D eigenvalue weighted by Crippen LogP contribution is 2.32. The lowest BCUT2D eigenvalue weighted by Crippen LogP contribution is -2.47. The molecule has 9 heteroatoms. The first kappa shape index (κ1) is 21.3. The lowest BCUT2D eigenvalue weighted by molar-refractivity contribution is -0.122. The van der Waals surface area contributed by atoms with Crippen molar-refractivity contribution in [3.05, 3.63) is 58.1 Å². The van der Waals surface area contributed by atoms with E-state index in [-0.39, 0.29) is 17.3 Å². The Morgan fingerprint density at radius 2 is 1.89 bits per heavy atom. The Kier molecular flexibility index (Phi) is 6.97. The first-order valence-corrected chi connectivity index (χ1v) is 10.6. The fourth-order valence-electron chi connectivity index (χ4n) is 2.61. The fraction of sp³-hybridized carbons (Fsp3) is 0.278. The van der Waals surface area contributed by atoms with Crippen molar-refractivity contribution >= 4 is 44.8 Å². The second-order valence-electron chi connectivity index (χ2n) is 5.86. The molecule has 0 spiro atoms. The van der Waals surface area contributed by atoms with Crippen LogP contribution in [0.4, 0.5) is 5.69 Å². The van der Waals surface area contributed by atoms with E-state index in [0.29, 0.717) is 10.8 Å². The third-order valence-electron chi connectivity index (χ3n) is 3.88. The number of benzene rings is 2. The third-order valence-corrected chi connectivity index (χ3v) is 5.66. The maximum atomic E-state index is 12.6. The molecular formula is C18H20Cl2N2O4S. The van der Waals surface area contributed by atoms with E-state index in [4.69, 9.17) is 27.9 Å². The Balaban J connectivity index is 2.26. The van der Waals surface area contributed by atoms with E-state index in [1.165, 1.54) is 26.2 Å².